The molecule has 0 radical (unpaired) electrons. The number of halogens is 1. The maximum Gasteiger partial charge on any atom is 0.253 e. The molecule has 1 fully saturated rings. The van der Waals surface area contributed by atoms with E-state index in [1.54, 1.807) is 6.07 Å². The highest BCUT2D eigenvalue weighted by Crippen LogP contribution is 2.33. The standard InChI is InChI=1S/C23H27ClN2O2/c1-15-5-4-12-23(28,13-15)14-25-22(27)21-17-8-10-19(16-6-2-3-7-16)26-20(17)11-9-18(21)24/h6,8-11,15,28H,2-5,7,12-14H2,1H3,(H,25,27)/t15-,23-/m1/s1. The Morgan fingerprint density at radius 1 is 1.32 bits per heavy atom. The van der Waals surface area contributed by atoms with Crippen molar-refractivity contribution in [3.05, 3.63) is 46.6 Å². The number of hydrogen-bond acceptors (Lipinski definition) is 3. The van der Waals surface area contributed by atoms with E-state index >= 15 is 0 Å². The molecule has 2 aliphatic rings. The Hall–Kier alpha value is -1.91. The maximum absolute atomic E-state index is 12.9. The average molecular weight is 399 g/mol. The van der Waals surface area contributed by atoms with Crippen LogP contribution in [-0.2, 0) is 0 Å². The zero-order valence-electron chi connectivity index (χ0n) is 16.3. The van der Waals surface area contributed by atoms with Crippen molar-refractivity contribution < 1.29 is 9.90 Å². The summed E-state index contributed by atoms with van der Waals surface area (Å²) in [6, 6.07) is 7.51. The number of hydrogen-bond donors (Lipinski definition) is 2. The van der Waals surface area contributed by atoms with E-state index < -0.39 is 5.60 Å². The van der Waals surface area contributed by atoms with Crippen molar-refractivity contribution in [3.8, 4) is 0 Å². The topological polar surface area (TPSA) is 62.2 Å². The first-order valence-electron chi connectivity index (χ1n) is 10.2. The molecule has 0 aliphatic heterocycles. The van der Waals surface area contributed by atoms with Crippen LogP contribution in [0.1, 0.15) is 67.9 Å². The average Bonchev–Trinajstić information content (AvgIpc) is 3.20. The van der Waals surface area contributed by atoms with Crippen LogP contribution in [-0.4, -0.2) is 28.1 Å². The molecule has 0 spiro atoms. The predicted octanol–water partition coefficient (Wildman–Crippen LogP) is 5.13. The molecule has 1 aromatic heterocycles. The molecule has 4 rings (SSSR count). The first kappa shape index (κ1) is 19.4. The smallest absolute Gasteiger partial charge is 0.253 e. The highest BCUT2D eigenvalue weighted by molar-refractivity contribution is 6.35. The van der Waals surface area contributed by atoms with Crippen molar-refractivity contribution in [1.29, 1.82) is 0 Å². The summed E-state index contributed by atoms with van der Waals surface area (Å²) < 4.78 is 0. The van der Waals surface area contributed by atoms with Gasteiger partial charge in [-0.25, -0.2) is 4.98 Å². The summed E-state index contributed by atoms with van der Waals surface area (Å²) in [7, 11) is 0. The van der Waals surface area contributed by atoms with Gasteiger partial charge in [0, 0.05) is 11.9 Å². The Kier molecular flexibility index (Phi) is 5.44. The number of aromatic nitrogens is 1. The van der Waals surface area contributed by atoms with Gasteiger partial charge in [0.2, 0.25) is 0 Å². The van der Waals surface area contributed by atoms with E-state index in [1.165, 1.54) is 12.0 Å². The highest BCUT2D eigenvalue weighted by Gasteiger charge is 2.33. The molecule has 1 amide bonds. The van der Waals surface area contributed by atoms with E-state index in [9.17, 15) is 9.90 Å². The lowest BCUT2D eigenvalue weighted by atomic mass is 9.79. The lowest BCUT2D eigenvalue weighted by Gasteiger charge is -2.35. The third-order valence-electron chi connectivity index (χ3n) is 6.06. The van der Waals surface area contributed by atoms with Gasteiger partial charge < -0.3 is 10.4 Å². The van der Waals surface area contributed by atoms with Crippen LogP contribution in [0.5, 0.6) is 0 Å². The van der Waals surface area contributed by atoms with Gasteiger partial charge in [0.15, 0.2) is 0 Å². The van der Waals surface area contributed by atoms with E-state index in [-0.39, 0.29) is 12.5 Å². The fourth-order valence-electron chi connectivity index (χ4n) is 4.62. The second-order valence-electron chi connectivity index (χ2n) is 8.42. The fourth-order valence-corrected chi connectivity index (χ4v) is 4.87. The van der Waals surface area contributed by atoms with Gasteiger partial charge in [-0.05, 0) is 67.9 Å². The molecule has 1 heterocycles. The molecule has 0 unspecified atom stereocenters. The van der Waals surface area contributed by atoms with Crippen LogP contribution in [0.4, 0.5) is 0 Å². The van der Waals surface area contributed by atoms with Gasteiger partial charge in [-0.15, -0.1) is 0 Å². The number of allylic oxidation sites excluding steroid dienone is 2. The van der Waals surface area contributed by atoms with Crippen LogP contribution >= 0.6 is 11.6 Å². The third-order valence-corrected chi connectivity index (χ3v) is 6.38. The molecule has 2 aromatic rings. The minimum atomic E-state index is -0.829. The van der Waals surface area contributed by atoms with Gasteiger partial charge in [-0.3, -0.25) is 4.79 Å². The van der Waals surface area contributed by atoms with Crippen LogP contribution in [0.25, 0.3) is 16.5 Å². The quantitative estimate of drug-likeness (QED) is 0.750. The SMILES string of the molecule is C[C@@H]1CCC[C@](O)(CNC(=O)c2c(Cl)ccc3nc(C4=CCCC4)ccc23)C1. The molecular weight excluding hydrogens is 372 g/mol. The van der Waals surface area contributed by atoms with Crippen molar-refractivity contribution in [3.63, 3.8) is 0 Å². The van der Waals surface area contributed by atoms with E-state index in [0.29, 0.717) is 16.5 Å². The summed E-state index contributed by atoms with van der Waals surface area (Å²) in [6.07, 6.45) is 9.13. The highest BCUT2D eigenvalue weighted by atomic mass is 35.5. The monoisotopic (exact) mass is 398 g/mol. The second-order valence-corrected chi connectivity index (χ2v) is 8.82. The summed E-state index contributed by atoms with van der Waals surface area (Å²) in [4.78, 5) is 17.7. The van der Waals surface area contributed by atoms with Gasteiger partial charge in [-0.1, -0.05) is 37.4 Å². The summed E-state index contributed by atoms with van der Waals surface area (Å²) in [5.41, 5.74) is 2.63. The molecule has 4 nitrogen and oxygen atoms in total. The molecule has 1 aromatic carbocycles. The number of benzene rings is 1. The second kappa shape index (κ2) is 7.84. The Morgan fingerprint density at radius 3 is 2.93 bits per heavy atom. The molecular formula is C23H27ClN2O2. The molecule has 5 heteroatoms. The Balaban J connectivity index is 1.58. The minimum Gasteiger partial charge on any atom is -0.388 e. The number of amides is 1. The molecule has 2 N–H and O–H groups in total. The number of carbonyl (C=O) groups is 1. The number of rotatable bonds is 4. The minimum absolute atomic E-state index is 0.251. The van der Waals surface area contributed by atoms with Gasteiger partial charge in [0.1, 0.15) is 0 Å². The summed E-state index contributed by atoms with van der Waals surface area (Å²) >= 11 is 6.38. The van der Waals surface area contributed by atoms with Gasteiger partial charge in [0.25, 0.3) is 5.91 Å². The van der Waals surface area contributed by atoms with E-state index in [4.69, 9.17) is 16.6 Å². The van der Waals surface area contributed by atoms with Crippen LogP contribution < -0.4 is 5.32 Å². The Bertz CT molecular complexity index is 940. The number of aliphatic hydroxyl groups is 1. The number of nitrogens with zero attached hydrogens (tertiary/aromatic N) is 1. The van der Waals surface area contributed by atoms with E-state index in [2.05, 4.69) is 18.3 Å². The van der Waals surface area contributed by atoms with Crippen molar-refractivity contribution in [2.24, 2.45) is 5.92 Å². The Labute approximate surface area is 171 Å². The zero-order valence-corrected chi connectivity index (χ0v) is 17.1. The Morgan fingerprint density at radius 2 is 2.18 bits per heavy atom. The number of carbonyl (C=O) groups excluding carboxylic acids is 1. The van der Waals surface area contributed by atoms with E-state index in [0.717, 1.165) is 55.1 Å². The molecule has 2 atom stereocenters. The zero-order chi connectivity index (χ0) is 19.7. The number of pyridine rings is 1. The third kappa shape index (κ3) is 3.94. The summed E-state index contributed by atoms with van der Waals surface area (Å²) in [5.74, 6) is 0.223. The lowest BCUT2D eigenvalue weighted by molar-refractivity contribution is -0.0109. The van der Waals surface area contributed by atoms with Crippen LogP contribution in [0.3, 0.4) is 0 Å². The number of nitrogens with one attached hydrogen (secondary N) is 1. The van der Waals surface area contributed by atoms with Crippen molar-refractivity contribution in [2.75, 3.05) is 6.54 Å². The van der Waals surface area contributed by atoms with Crippen molar-refractivity contribution >= 4 is 34.0 Å². The van der Waals surface area contributed by atoms with Crippen molar-refractivity contribution in [1.82, 2.24) is 10.3 Å². The van der Waals surface area contributed by atoms with Crippen LogP contribution in [0, 0.1) is 5.92 Å². The molecule has 0 saturated heterocycles. The molecule has 28 heavy (non-hydrogen) atoms. The molecule has 0 bridgehead atoms. The lowest BCUT2D eigenvalue weighted by Crippen LogP contribution is -2.45. The van der Waals surface area contributed by atoms with Gasteiger partial charge in [-0.2, -0.15) is 0 Å². The maximum atomic E-state index is 12.9. The molecule has 148 valence electrons. The van der Waals surface area contributed by atoms with Crippen molar-refractivity contribution in [2.45, 2.75) is 57.5 Å². The molecule has 1 saturated carbocycles. The number of fused-ring (bicyclic) bond motifs is 1. The largest absolute Gasteiger partial charge is 0.388 e. The van der Waals surface area contributed by atoms with Crippen LogP contribution in [0.2, 0.25) is 5.02 Å². The first-order valence-corrected chi connectivity index (χ1v) is 10.6. The normalized spacial score (nSPS) is 25.0. The summed E-state index contributed by atoms with van der Waals surface area (Å²) in [5, 5.41) is 14.9. The summed E-state index contributed by atoms with van der Waals surface area (Å²) in [6.45, 7) is 2.40. The predicted molar refractivity (Wildman–Crippen MR) is 113 cm³/mol. The van der Waals surface area contributed by atoms with Crippen LogP contribution in [0.15, 0.2) is 30.3 Å². The van der Waals surface area contributed by atoms with E-state index in [1.807, 2.05) is 18.2 Å². The first-order chi connectivity index (χ1) is 13.5. The molecule has 2 aliphatic carbocycles. The van der Waals surface area contributed by atoms with Gasteiger partial charge >= 0.3 is 0 Å². The fraction of sp³-hybridized carbons (Fsp3) is 0.478. The van der Waals surface area contributed by atoms with Gasteiger partial charge in [0.05, 0.1) is 27.4 Å².